The quantitative estimate of drug-likeness (QED) is 0.293. The minimum absolute atomic E-state index is 0.231. The van der Waals surface area contributed by atoms with Crippen molar-refractivity contribution in [3.05, 3.63) is 60.7 Å². The van der Waals surface area contributed by atoms with Gasteiger partial charge in [-0.05, 0) is 48.5 Å². The van der Waals surface area contributed by atoms with E-state index in [1.54, 1.807) is 67.8 Å². The lowest BCUT2D eigenvalue weighted by atomic mass is 10.2. The summed E-state index contributed by atoms with van der Waals surface area (Å²) in [6.45, 7) is 0.978. The molecule has 0 unspecified atom stereocenters. The zero-order valence-corrected chi connectivity index (χ0v) is 16.9. The summed E-state index contributed by atoms with van der Waals surface area (Å²) in [5.74, 6) is 2.15. The van der Waals surface area contributed by atoms with Crippen LogP contribution >= 0.6 is 0 Å². The number of anilines is 4. The van der Waals surface area contributed by atoms with Gasteiger partial charge in [0.1, 0.15) is 23.0 Å². The van der Waals surface area contributed by atoms with E-state index in [1.165, 1.54) is 0 Å². The molecular weight excluding hydrogens is 384 g/mol. The second kappa shape index (κ2) is 11.2. The van der Waals surface area contributed by atoms with Crippen molar-refractivity contribution in [1.29, 1.82) is 0 Å². The summed E-state index contributed by atoms with van der Waals surface area (Å²) in [6.07, 6.45) is 0.702. The maximum atomic E-state index is 8.86. The van der Waals surface area contributed by atoms with Gasteiger partial charge >= 0.3 is 0 Å². The van der Waals surface area contributed by atoms with Crippen molar-refractivity contribution >= 4 is 22.7 Å². The molecule has 3 aromatic rings. The van der Waals surface area contributed by atoms with Crippen molar-refractivity contribution in [2.45, 2.75) is 6.42 Å². The van der Waals surface area contributed by atoms with E-state index in [0.717, 1.165) is 0 Å². The van der Waals surface area contributed by atoms with Gasteiger partial charge in [-0.2, -0.15) is 0 Å². The Morgan fingerprint density at radius 3 is 1.67 bits per heavy atom. The molecule has 0 bridgehead atoms. The third kappa shape index (κ3) is 7.23. The van der Waals surface area contributed by atoms with Crippen LogP contribution in [0.5, 0.6) is 23.0 Å². The van der Waals surface area contributed by atoms with E-state index in [9.17, 15) is 0 Å². The van der Waals surface area contributed by atoms with Gasteiger partial charge in [-0.3, -0.25) is 0 Å². The molecule has 0 heterocycles. The van der Waals surface area contributed by atoms with Gasteiger partial charge in [0.15, 0.2) is 0 Å². The monoisotopic (exact) mass is 412 g/mol. The first-order chi connectivity index (χ1) is 14.4. The molecule has 0 aromatic heterocycles. The van der Waals surface area contributed by atoms with Crippen molar-refractivity contribution in [3.8, 4) is 23.0 Å². The van der Waals surface area contributed by atoms with Crippen LogP contribution in [0.3, 0.4) is 0 Å². The van der Waals surface area contributed by atoms with Crippen LogP contribution in [0.25, 0.3) is 0 Å². The van der Waals surface area contributed by atoms with Crippen LogP contribution in [0.1, 0.15) is 6.42 Å². The van der Waals surface area contributed by atoms with Crippen molar-refractivity contribution in [2.75, 3.05) is 43.3 Å². The third-order valence-electron chi connectivity index (χ3n) is 3.92. The fraction of sp³-hybridized carbons (Fsp3) is 0.182. The minimum atomic E-state index is 0.231. The lowest BCUT2D eigenvalue weighted by Gasteiger charge is -2.11. The Kier molecular flexibility index (Phi) is 8.31. The number of phenols is 1. The molecule has 0 radical (unpaired) electrons. The Balaban J connectivity index is 0.000000297. The molecule has 0 aliphatic heterocycles. The SMILES string of the molecule is COc1cccc(O)c1.Nc1ccc(OCCCOc2ccc(N)cc2N)c(N)c1. The molecule has 0 aliphatic carbocycles. The first-order valence-electron chi connectivity index (χ1n) is 9.27. The van der Waals surface area contributed by atoms with E-state index in [1.807, 2.05) is 0 Å². The molecule has 0 saturated carbocycles. The Hall–Kier alpha value is -3.94. The van der Waals surface area contributed by atoms with Gasteiger partial charge in [0.2, 0.25) is 0 Å². The van der Waals surface area contributed by atoms with Gasteiger partial charge in [0.25, 0.3) is 0 Å². The Labute approximate surface area is 176 Å². The number of phenolic OH excluding ortho intramolecular Hbond substituents is 1. The summed E-state index contributed by atoms with van der Waals surface area (Å²) < 4.78 is 16.0. The third-order valence-corrected chi connectivity index (χ3v) is 3.92. The number of hydrogen-bond donors (Lipinski definition) is 5. The minimum Gasteiger partial charge on any atom is -0.508 e. The fourth-order valence-electron chi connectivity index (χ4n) is 2.43. The highest BCUT2D eigenvalue weighted by molar-refractivity contribution is 5.61. The van der Waals surface area contributed by atoms with Gasteiger partial charge in [0, 0.05) is 23.9 Å². The largest absolute Gasteiger partial charge is 0.508 e. The zero-order valence-electron chi connectivity index (χ0n) is 16.9. The van der Waals surface area contributed by atoms with E-state index in [4.69, 9.17) is 42.3 Å². The molecular formula is C22H28N4O4. The van der Waals surface area contributed by atoms with Gasteiger partial charge < -0.3 is 42.3 Å². The Morgan fingerprint density at radius 2 is 1.27 bits per heavy atom. The van der Waals surface area contributed by atoms with E-state index in [0.29, 0.717) is 59.6 Å². The van der Waals surface area contributed by atoms with Crippen molar-refractivity contribution < 1.29 is 19.3 Å². The molecule has 0 amide bonds. The topological polar surface area (TPSA) is 152 Å². The van der Waals surface area contributed by atoms with Gasteiger partial charge in [-0.1, -0.05) is 6.07 Å². The van der Waals surface area contributed by atoms with E-state index in [-0.39, 0.29) is 5.75 Å². The molecule has 3 aromatic carbocycles. The number of ether oxygens (including phenoxy) is 3. The number of methoxy groups -OCH3 is 1. The Bertz CT molecular complexity index is 897. The van der Waals surface area contributed by atoms with Crippen LogP contribution in [0.4, 0.5) is 22.7 Å². The van der Waals surface area contributed by atoms with Crippen molar-refractivity contribution in [2.24, 2.45) is 0 Å². The van der Waals surface area contributed by atoms with E-state index >= 15 is 0 Å². The molecule has 0 atom stereocenters. The summed E-state index contributed by atoms with van der Waals surface area (Å²) in [6, 6.07) is 17.0. The van der Waals surface area contributed by atoms with Crippen LogP contribution in [0.15, 0.2) is 60.7 Å². The molecule has 0 fully saturated rings. The summed E-state index contributed by atoms with van der Waals surface area (Å²) >= 11 is 0. The number of nitrogen functional groups attached to an aromatic ring is 4. The first-order valence-corrected chi connectivity index (χ1v) is 9.27. The number of aromatic hydroxyl groups is 1. The zero-order chi connectivity index (χ0) is 21.9. The normalized spacial score (nSPS) is 9.90. The summed E-state index contributed by atoms with van der Waals surface area (Å²) in [7, 11) is 1.56. The number of hydrogen-bond acceptors (Lipinski definition) is 8. The van der Waals surface area contributed by atoms with Crippen LogP contribution < -0.4 is 37.1 Å². The highest BCUT2D eigenvalue weighted by Gasteiger charge is 2.02. The Morgan fingerprint density at radius 1 is 0.733 bits per heavy atom. The van der Waals surface area contributed by atoms with Crippen LogP contribution in [0.2, 0.25) is 0 Å². The van der Waals surface area contributed by atoms with Crippen LogP contribution in [0, 0.1) is 0 Å². The summed E-state index contributed by atoms with van der Waals surface area (Å²) in [4.78, 5) is 0. The predicted molar refractivity (Wildman–Crippen MR) is 121 cm³/mol. The van der Waals surface area contributed by atoms with Gasteiger partial charge in [-0.25, -0.2) is 0 Å². The summed E-state index contributed by atoms with van der Waals surface area (Å²) in [5, 5.41) is 8.86. The highest BCUT2D eigenvalue weighted by atomic mass is 16.5. The van der Waals surface area contributed by atoms with Crippen molar-refractivity contribution in [3.63, 3.8) is 0 Å². The number of benzene rings is 3. The molecule has 9 N–H and O–H groups in total. The number of nitrogens with two attached hydrogens (primary N) is 4. The molecule has 0 spiro atoms. The molecule has 160 valence electrons. The lowest BCUT2D eigenvalue weighted by Crippen LogP contribution is -2.07. The molecule has 3 rings (SSSR count). The smallest absolute Gasteiger partial charge is 0.142 e. The van der Waals surface area contributed by atoms with E-state index in [2.05, 4.69) is 0 Å². The predicted octanol–water partition coefficient (Wildman–Crippen LogP) is 3.26. The molecule has 30 heavy (non-hydrogen) atoms. The highest BCUT2D eigenvalue weighted by Crippen LogP contribution is 2.25. The standard InChI is InChI=1S/C15H20N4O2.C7H8O2/c16-10-2-4-14(12(18)8-10)20-6-1-7-21-15-5-3-11(17)9-13(15)19;1-9-7-4-2-3-6(8)5-7/h2-5,8-9H,1,6-7,16-19H2;2-5,8H,1H3. The molecule has 0 saturated heterocycles. The summed E-state index contributed by atoms with van der Waals surface area (Å²) in [5.41, 5.74) is 25.1. The first kappa shape index (κ1) is 22.4. The number of rotatable bonds is 7. The molecule has 8 heteroatoms. The van der Waals surface area contributed by atoms with Crippen molar-refractivity contribution in [1.82, 2.24) is 0 Å². The van der Waals surface area contributed by atoms with Crippen LogP contribution in [-0.4, -0.2) is 25.4 Å². The molecule has 8 nitrogen and oxygen atoms in total. The second-order valence-corrected chi connectivity index (χ2v) is 6.35. The average Bonchev–Trinajstić information content (AvgIpc) is 2.71. The van der Waals surface area contributed by atoms with Gasteiger partial charge in [0.05, 0.1) is 31.7 Å². The maximum absolute atomic E-state index is 8.86. The average molecular weight is 412 g/mol. The maximum Gasteiger partial charge on any atom is 0.142 e. The molecule has 0 aliphatic rings. The lowest BCUT2D eigenvalue weighted by molar-refractivity contribution is 0.249. The van der Waals surface area contributed by atoms with E-state index < -0.39 is 0 Å². The van der Waals surface area contributed by atoms with Crippen LogP contribution in [-0.2, 0) is 0 Å². The second-order valence-electron chi connectivity index (χ2n) is 6.35. The van der Waals surface area contributed by atoms with Gasteiger partial charge in [-0.15, -0.1) is 0 Å². The fourth-order valence-corrected chi connectivity index (χ4v) is 2.43.